The molecule has 0 atom stereocenters. The first-order valence-electron chi connectivity index (χ1n) is 11.5. The predicted molar refractivity (Wildman–Crippen MR) is 116 cm³/mol. The Kier molecular flexibility index (Phi) is 12.5. The van der Waals surface area contributed by atoms with Crippen LogP contribution in [0.1, 0.15) is 49.9 Å². The van der Waals surface area contributed by atoms with Crippen molar-refractivity contribution >= 4 is 0 Å². The number of hydrogen-bond acceptors (Lipinski definition) is 6. The Bertz CT molecular complexity index is 1020. The van der Waals surface area contributed by atoms with Gasteiger partial charge in [-0.1, -0.05) is 0 Å². The van der Waals surface area contributed by atoms with E-state index in [1.54, 1.807) is 0 Å². The first-order valence-corrected chi connectivity index (χ1v) is 15.5. The Morgan fingerprint density at radius 3 is 0.897 bits per heavy atom. The summed E-state index contributed by atoms with van der Waals surface area (Å²) in [6, 6.07) is 0. The first kappa shape index (κ1) is 33.7. The molecule has 0 saturated carbocycles. The summed E-state index contributed by atoms with van der Waals surface area (Å²) in [6.07, 6.45) is -1.53. The third kappa shape index (κ3) is 7.84. The minimum atomic E-state index is -5.68. The summed E-state index contributed by atoms with van der Waals surface area (Å²) in [7, 11) is 2.12. The van der Waals surface area contributed by atoms with Gasteiger partial charge in [-0.25, -0.2) is 0 Å². The van der Waals surface area contributed by atoms with Gasteiger partial charge in [0.05, 0.1) is 0 Å². The van der Waals surface area contributed by atoms with E-state index in [4.69, 9.17) is 11.3 Å². The quantitative estimate of drug-likeness (QED) is 0.171. The Labute approximate surface area is 227 Å². The zero-order valence-corrected chi connectivity index (χ0v) is 24.4. The van der Waals surface area contributed by atoms with Crippen LogP contribution in [0.15, 0.2) is 0 Å². The van der Waals surface area contributed by atoms with Gasteiger partial charge in [-0.2, -0.15) is 0 Å². The second kappa shape index (κ2) is 14.4. The SMILES string of the molecule is COCc1c(F)c(F)c(C[O][Zr]([O]Cc2c(F)c(F)c(COC)c(F)c2F)([O]C(C)C)[O]C(C)C)c(F)c1F. The Hall–Kier alpha value is -1.48. The first-order chi connectivity index (χ1) is 18.2. The zero-order valence-electron chi connectivity index (χ0n) is 22.0. The van der Waals surface area contributed by atoms with Crippen molar-refractivity contribution in [3.8, 4) is 0 Å². The number of methoxy groups -OCH3 is 2. The molecule has 0 bridgehead atoms. The van der Waals surface area contributed by atoms with Gasteiger partial charge in [0.2, 0.25) is 0 Å². The normalized spacial score (nSPS) is 12.3. The van der Waals surface area contributed by atoms with Gasteiger partial charge in [-0.05, 0) is 0 Å². The molecule has 0 heterocycles. The fourth-order valence-electron chi connectivity index (χ4n) is 3.34. The molecule has 2 aromatic carbocycles. The third-order valence-electron chi connectivity index (χ3n) is 5.01. The van der Waals surface area contributed by atoms with Crippen LogP contribution in [0.3, 0.4) is 0 Å². The molecule has 15 heteroatoms. The van der Waals surface area contributed by atoms with Gasteiger partial charge >= 0.3 is 227 Å². The van der Waals surface area contributed by atoms with E-state index in [0.717, 1.165) is 14.2 Å². The number of halogens is 8. The van der Waals surface area contributed by atoms with Crippen molar-refractivity contribution in [3.63, 3.8) is 0 Å². The molecule has 0 N–H and O–H groups in total. The van der Waals surface area contributed by atoms with E-state index in [-0.39, 0.29) is 0 Å². The van der Waals surface area contributed by atoms with Crippen LogP contribution in [0, 0.1) is 46.5 Å². The van der Waals surface area contributed by atoms with Crippen LogP contribution in [0.25, 0.3) is 0 Å². The molecule has 0 fully saturated rings. The van der Waals surface area contributed by atoms with Crippen LogP contribution in [0.4, 0.5) is 35.1 Å². The molecule has 0 spiro atoms. The standard InChI is InChI=1S/2C9H7F4O2.2C3H7O.Zr/c2*1-15-3-5-8(12)6(10)4(2-14)7(11)9(5)13;2*1-3(2)4;/h2*2-3H2,1H3;2*3H,1-2H3;/q4*-1;+4. The van der Waals surface area contributed by atoms with Crippen LogP contribution in [-0.2, 0) is 69.2 Å². The average Bonchev–Trinajstić information content (AvgIpc) is 2.86. The van der Waals surface area contributed by atoms with Crippen molar-refractivity contribution in [2.75, 3.05) is 14.2 Å². The van der Waals surface area contributed by atoms with Crippen molar-refractivity contribution in [2.45, 2.75) is 66.3 Å². The van der Waals surface area contributed by atoms with Crippen molar-refractivity contribution in [1.82, 2.24) is 0 Å². The van der Waals surface area contributed by atoms with Crippen molar-refractivity contribution < 1.29 is 77.9 Å². The van der Waals surface area contributed by atoms with Gasteiger partial charge in [0, 0.05) is 0 Å². The summed E-state index contributed by atoms with van der Waals surface area (Å²) in [5.74, 6) is -14.0. The molecule has 0 saturated heterocycles. The summed E-state index contributed by atoms with van der Waals surface area (Å²) >= 11 is -5.68. The molecular formula is C24H28F8O6Zr. The second-order valence-electron chi connectivity index (χ2n) is 8.70. The maximum absolute atomic E-state index is 14.7. The summed E-state index contributed by atoms with van der Waals surface area (Å²) in [5, 5.41) is 0. The zero-order chi connectivity index (χ0) is 29.7. The van der Waals surface area contributed by atoms with Crippen LogP contribution < -0.4 is 0 Å². The average molecular weight is 656 g/mol. The molecule has 0 unspecified atom stereocenters. The molecule has 2 aromatic rings. The van der Waals surface area contributed by atoms with E-state index >= 15 is 0 Å². The van der Waals surface area contributed by atoms with Gasteiger partial charge in [0.1, 0.15) is 0 Å². The fourth-order valence-corrected chi connectivity index (χ4v) is 8.77. The van der Waals surface area contributed by atoms with Crippen molar-refractivity contribution in [3.05, 3.63) is 68.8 Å². The minimum absolute atomic E-state index is 0.765. The van der Waals surface area contributed by atoms with Gasteiger partial charge in [-0.15, -0.1) is 0 Å². The molecular weight excluding hydrogens is 627 g/mol. The number of hydrogen-bond donors (Lipinski definition) is 0. The maximum atomic E-state index is 14.7. The fraction of sp³-hybridized carbons (Fsp3) is 0.500. The molecule has 220 valence electrons. The monoisotopic (exact) mass is 654 g/mol. The summed E-state index contributed by atoms with van der Waals surface area (Å²) in [5.41, 5.74) is -4.36. The molecule has 0 aliphatic rings. The van der Waals surface area contributed by atoms with Crippen molar-refractivity contribution in [1.29, 1.82) is 0 Å². The Morgan fingerprint density at radius 2 is 0.692 bits per heavy atom. The molecule has 0 aromatic heterocycles. The van der Waals surface area contributed by atoms with Crippen LogP contribution in [0.2, 0.25) is 0 Å². The van der Waals surface area contributed by atoms with Gasteiger partial charge in [0.25, 0.3) is 0 Å². The predicted octanol–water partition coefficient (Wildman–Crippen LogP) is 6.49. The van der Waals surface area contributed by atoms with E-state index in [2.05, 4.69) is 9.47 Å². The summed E-state index contributed by atoms with van der Waals surface area (Å²) < 4.78 is 148. The molecule has 0 aliphatic carbocycles. The van der Waals surface area contributed by atoms with Gasteiger partial charge < -0.3 is 0 Å². The molecule has 0 aliphatic heterocycles. The molecule has 0 amide bonds. The van der Waals surface area contributed by atoms with Crippen molar-refractivity contribution in [2.24, 2.45) is 0 Å². The van der Waals surface area contributed by atoms with Crippen LogP contribution in [0.5, 0.6) is 0 Å². The topological polar surface area (TPSA) is 55.4 Å². The van der Waals surface area contributed by atoms with E-state index in [9.17, 15) is 35.1 Å². The number of benzene rings is 2. The summed E-state index contributed by atoms with van der Waals surface area (Å²) in [6.45, 7) is 2.00. The number of rotatable bonds is 14. The Morgan fingerprint density at radius 1 is 0.462 bits per heavy atom. The summed E-state index contributed by atoms with van der Waals surface area (Å²) in [4.78, 5) is 0. The van der Waals surface area contributed by atoms with Crippen LogP contribution >= 0.6 is 0 Å². The second-order valence-corrected chi connectivity index (χ2v) is 13.7. The van der Waals surface area contributed by atoms with E-state index in [0.29, 0.717) is 0 Å². The number of ether oxygens (including phenoxy) is 2. The van der Waals surface area contributed by atoms with E-state index in [1.807, 2.05) is 0 Å². The third-order valence-corrected chi connectivity index (χ3v) is 11.2. The van der Waals surface area contributed by atoms with E-state index in [1.165, 1.54) is 27.7 Å². The van der Waals surface area contributed by atoms with Gasteiger partial charge in [0.15, 0.2) is 0 Å². The molecule has 2 rings (SSSR count). The molecule has 39 heavy (non-hydrogen) atoms. The van der Waals surface area contributed by atoms with Crippen LogP contribution in [-0.4, -0.2) is 26.4 Å². The molecule has 0 radical (unpaired) electrons. The molecule has 6 nitrogen and oxygen atoms in total. The van der Waals surface area contributed by atoms with E-state index < -0.39 is 129 Å². The van der Waals surface area contributed by atoms with Gasteiger partial charge in [-0.3, -0.25) is 0 Å². The Balaban J connectivity index is 2.51.